The Morgan fingerprint density at radius 2 is 1.89 bits per heavy atom. The lowest BCUT2D eigenvalue weighted by Gasteiger charge is -2.28. The number of nitrogens with zero attached hydrogens (tertiary/aromatic N) is 1. The second-order valence-corrected chi connectivity index (χ2v) is 8.48. The number of carbonyl (C=O) groups is 1. The Kier molecular flexibility index (Phi) is 7.28. The molecule has 0 spiro atoms. The number of carbonyl (C=O) groups excluding carboxylic acids is 1. The van der Waals surface area contributed by atoms with Crippen molar-refractivity contribution in [1.29, 1.82) is 0 Å². The molecule has 36 heavy (non-hydrogen) atoms. The summed E-state index contributed by atoms with van der Waals surface area (Å²) >= 11 is 0. The van der Waals surface area contributed by atoms with Crippen molar-refractivity contribution in [3.63, 3.8) is 0 Å². The first kappa shape index (κ1) is 25.2. The van der Waals surface area contributed by atoms with E-state index >= 15 is 0 Å². The van der Waals surface area contributed by atoms with Crippen molar-refractivity contribution in [3.05, 3.63) is 53.1 Å². The molecule has 1 amide bonds. The zero-order chi connectivity index (χ0) is 26.0. The number of benzene rings is 2. The first-order valence-corrected chi connectivity index (χ1v) is 11.9. The molecule has 0 bridgehead atoms. The van der Waals surface area contributed by atoms with Gasteiger partial charge in [-0.1, -0.05) is 25.6 Å². The molecule has 3 aliphatic heterocycles. The van der Waals surface area contributed by atoms with Gasteiger partial charge in [-0.05, 0) is 30.7 Å². The van der Waals surface area contributed by atoms with Gasteiger partial charge in [0, 0.05) is 29.2 Å². The summed E-state index contributed by atoms with van der Waals surface area (Å²) in [4.78, 5) is 17.3. The lowest BCUT2D eigenvalue weighted by atomic mass is 9.83. The molecule has 2 N–H and O–H groups in total. The van der Waals surface area contributed by atoms with Crippen LogP contribution < -0.4 is 29.4 Å². The fourth-order valence-electron chi connectivity index (χ4n) is 4.60. The van der Waals surface area contributed by atoms with E-state index in [9.17, 15) is 4.79 Å². The van der Waals surface area contributed by atoms with Crippen LogP contribution in [0, 0.1) is 0 Å². The first-order valence-electron chi connectivity index (χ1n) is 11.9. The third-order valence-electron chi connectivity index (χ3n) is 6.27. The van der Waals surface area contributed by atoms with Crippen LogP contribution >= 0.6 is 0 Å². The van der Waals surface area contributed by atoms with Gasteiger partial charge in [-0.2, -0.15) is 0 Å². The summed E-state index contributed by atoms with van der Waals surface area (Å²) in [5, 5.41) is 4.42. The molecule has 0 fully saturated rings. The van der Waals surface area contributed by atoms with E-state index in [2.05, 4.69) is 11.7 Å². The molecule has 3 atom stereocenters. The maximum absolute atomic E-state index is 11.6. The number of oxime groups is 1. The molecular formula is C27H32N2O7. The van der Waals surface area contributed by atoms with Gasteiger partial charge < -0.3 is 34.3 Å². The minimum absolute atomic E-state index is 0.170. The molecule has 0 aromatic heterocycles. The van der Waals surface area contributed by atoms with E-state index in [-0.39, 0.29) is 24.7 Å². The first-order chi connectivity index (χ1) is 17.4. The van der Waals surface area contributed by atoms with Crippen molar-refractivity contribution in [2.45, 2.75) is 45.3 Å². The Labute approximate surface area is 210 Å². The average Bonchev–Trinajstić information content (AvgIpc) is 3.52. The van der Waals surface area contributed by atoms with Gasteiger partial charge in [-0.25, -0.2) is 0 Å². The van der Waals surface area contributed by atoms with Crippen molar-refractivity contribution in [1.82, 2.24) is 0 Å². The lowest BCUT2D eigenvalue weighted by Crippen LogP contribution is -2.32. The molecule has 0 saturated heterocycles. The van der Waals surface area contributed by atoms with E-state index in [1.807, 2.05) is 39.0 Å². The van der Waals surface area contributed by atoms with E-state index in [0.29, 0.717) is 53.1 Å². The van der Waals surface area contributed by atoms with Gasteiger partial charge in [0.1, 0.15) is 35.7 Å². The molecular weight excluding hydrogens is 464 g/mol. The second-order valence-electron chi connectivity index (χ2n) is 8.48. The summed E-state index contributed by atoms with van der Waals surface area (Å²) in [6.07, 6.45) is 0.0769. The highest BCUT2D eigenvalue weighted by atomic mass is 16.7. The number of methoxy groups -OCH3 is 2. The third kappa shape index (κ3) is 4.41. The number of amides is 1. The van der Waals surface area contributed by atoms with E-state index in [4.69, 9.17) is 34.3 Å². The highest BCUT2D eigenvalue weighted by molar-refractivity contribution is 6.09. The van der Waals surface area contributed by atoms with Gasteiger partial charge in [-0.15, -0.1) is 0 Å². The maximum Gasteiger partial charge on any atom is 0.255 e. The van der Waals surface area contributed by atoms with Gasteiger partial charge in [0.2, 0.25) is 0 Å². The highest BCUT2D eigenvalue weighted by Crippen LogP contribution is 2.48. The van der Waals surface area contributed by atoms with Crippen molar-refractivity contribution < 1.29 is 33.3 Å². The summed E-state index contributed by atoms with van der Waals surface area (Å²) in [6, 6.07) is 7.44. The largest absolute Gasteiger partial charge is 0.493 e. The van der Waals surface area contributed by atoms with Gasteiger partial charge >= 0.3 is 0 Å². The Hall–Kier alpha value is -3.88. The number of fused-ring (bicyclic) bond motifs is 4. The lowest BCUT2D eigenvalue weighted by molar-refractivity contribution is -0.119. The number of rotatable bonds is 7. The quantitative estimate of drug-likeness (QED) is 0.581. The van der Waals surface area contributed by atoms with E-state index in [1.165, 1.54) is 0 Å². The number of nitrogens with two attached hydrogens (primary N) is 1. The number of hydrogen-bond donors (Lipinski definition) is 1. The number of ether oxygens (including phenoxy) is 5. The Morgan fingerprint density at radius 1 is 1.17 bits per heavy atom. The molecule has 0 radical (unpaired) electrons. The molecule has 3 unspecified atom stereocenters. The predicted molar refractivity (Wildman–Crippen MR) is 135 cm³/mol. The van der Waals surface area contributed by atoms with E-state index in [0.717, 1.165) is 16.7 Å². The topological polar surface area (TPSA) is 111 Å². The van der Waals surface area contributed by atoms with Crippen molar-refractivity contribution in [2.75, 3.05) is 27.4 Å². The molecule has 192 valence electrons. The molecule has 2 aromatic carbocycles. The van der Waals surface area contributed by atoms with Crippen LogP contribution in [0.5, 0.6) is 28.7 Å². The Balaban J connectivity index is 0.00000148. The molecule has 0 saturated carbocycles. The SMILES string of the molecule is C=C(C)C1Cc2c(ccc(C3=NOC4COc5cc(OC)c(OC)cc5C34)c2OCC(N)=O)O1.CC. The van der Waals surface area contributed by atoms with E-state index in [1.54, 1.807) is 20.3 Å². The summed E-state index contributed by atoms with van der Waals surface area (Å²) in [6.45, 7) is 9.98. The average molecular weight is 497 g/mol. The molecule has 3 aliphatic rings. The van der Waals surface area contributed by atoms with Gasteiger partial charge in [0.05, 0.1) is 20.1 Å². The van der Waals surface area contributed by atoms with Gasteiger partial charge in [0.15, 0.2) is 24.2 Å². The fraction of sp³-hybridized carbons (Fsp3) is 0.407. The van der Waals surface area contributed by atoms with E-state index < -0.39 is 5.91 Å². The normalized spacial score (nSPS) is 20.6. The minimum atomic E-state index is -0.574. The summed E-state index contributed by atoms with van der Waals surface area (Å²) in [7, 11) is 3.16. The standard InChI is InChI=1S/C25H26N2O7.C2H6/c1-12(2)17-8-15-16(33-17)6-5-13(25(15)32-11-22(26)28)24-23-14-7-19(29-3)20(30-4)9-18(14)31-10-21(23)34-27-24;1-2/h5-7,9,17,21,23H,1,8,10-11H2,2-4H3,(H2,26,28);1-2H3. The van der Waals surface area contributed by atoms with Crippen LogP contribution in [-0.2, 0) is 16.1 Å². The monoisotopic (exact) mass is 496 g/mol. The summed E-state index contributed by atoms with van der Waals surface area (Å²) in [5.74, 6) is 2.20. The third-order valence-corrected chi connectivity index (χ3v) is 6.27. The van der Waals surface area contributed by atoms with Gasteiger partial charge in [0.25, 0.3) is 5.91 Å². The zero-order valence-corrected chi connectivity index (χ0v) is 21.3. The molecule has 0 aliphatic carbocycles. The highest BCUT2D eigenvalue weighted by Gasteiger charge is 2.44. The molecule has 9 heteroatoms. The number of primary amides is 1. The second kappa shape index (κ2) is 10.4. The van der Waals surface area contributed by atoms with Crippen LogP contribution in [0.15, 0.2) is 41.6 Å². The number of hydrogen-bond acceptors (Lipinski definition) is 8. The van der Waals surface area contributed by atoms with Crippen molar-refractivity contribution in [3.8, 4) is 28.7 Å². The summed E-state index contributed by atoms with van der Waals surface area (Å²) < 4.78 is 28.8. The zero-order valence-electron chi connectivity index (χ0n) is 21.3. The van der Waals surface area contributed by atoms with Crippen molar-refractivity contribution in [2.24, 2.45) is 10.9 Å². The molecule has 3 heterocycles. The Morgan fingerprint density at radius 3 is 2.56 bits per heavy atom. The smallest absolute Gasteiger partial charge is 0.255 e. The molecule has 5 rings (SSSR count). The van der Waals surface area contributed by atoms with Crippen LogP contribution in [0.2, 0.25) is 0 Å². The molecule has 2 aromatic rings. The van der Waals surface area contributed by atoms with Crippen molar-refractivity contribution >= 4 is 11.6 Å². The summed E-state index contributed by atoms with van der Waals surface area (Å²) in [5.41, 5.74) is 9.38. The molecule has 9 nitrogen and oxygen atoms in total. The Bertz CT molecular complexity index is 1210. The maximum atomic E-state index is 11.6. The van der Waals surface area contributed by atoms with Crippen LogP contribution in [0.4, 0.5) is 0 Å². The fourth-order valence-corrected chi connectivity index (χ4v) is 4.60. The van der Waals surface area contributed by atoms with Crippen LogP contribution in [-0.4, -0.2) is 51.3 Å². The van der Waals surface area contributed by atoms with Crippen LogP contribution in [0.25, 0.3) is 0 Å². The predicted octanol–water partition coefficient (Wildman–Crippen LogP) is 3.75. The van der Waals surface area contributed by atoms with Crippen LogP contribution in [0.3, 0.4) is 0 Å². The van der Waals surface area contributed by atoms with Gasteiger partial charge in [-0.3, -0.25) is 4.79 Å². The van der Waals surface area contributed by atoms with Crippen LogP contribution in [0.1, 0.15) is 43.4 Å². The minimum Gasteiger partial charge on any atom is -0.493 e.